The largest absolute Gasteiger partial charge is 0.362 e. The minimum absolute atomic E-state index is 0.0436. The molecule has 0 saturated heterocycles. The Kier molecular flexibility index (Phi) is 7.73. The molecule has 1 fully saturated rings. The second kappa shape index (κ2) is 10.5. The molecule has 178 valence electrons. The first-order chi connectivity index (χ1) is 15.8. The lowest BCUT2D eigenvalue weighted by molar-refractivity contribution is 0.243. The van der Waals surface area contributed by atoms with Gasteiger partial charge in [-0.2, -0.15) is 4.98 Å². The third kappa shape index (κ3) is 5.95. The topological polar surface area (TPSA) is 82.2 Å². The molecule has 0 spiro atoms. The number of halogens is 3. The molecule has 3 N–H and O–H groups in total. The monoisotopic (exact) mass is 582 g/mol. The van der Waals surface area contributed by atoms with Crippen molar-refractivity contribution in [1.29, 1.82) is 0 Å². The van der Waals surface area contributed by atoms with Crippen molar-refractivity contribution < 1.29 is 9.18 Å². The summed E-state index contributed by atoms with van der Waals surface area (Å²) in [6.45, 7) is 0. The van der Waals surface area contributed by atoms with Crippen LogP contribution in [-0.2, 0) is 12.8 Å². The molecule has 7 nitrogen and oxygen atoms in total. The average Bonchev–Trinajstić information content (AvgIpc) is 2.77. The average molecular weight is 584 g/mol. The van der Waals surface area contributed by atoms with Crippen molar-refractivity contribution in [2.75, 3.05) is 29.6 Å². The molecule has 10 heteroatoms. The second-order valence-electron chi connectivity index (χ2n) is 8.93. The number of hydrogen-bond donors (Lipinski definition) is 3. The number of amides is 2. The van der Waals surface area contributed by atoms with Crippen LogP contribution in [0.25, 0.3) is 0 Å². The van der Waals surface area contributed by atoms with E-state index in [1.807, 2.05) is 14.1 Å². The van der Waals surface area contributed by atoms with Crippen LogP contribution in [-0.4, -0.2) is 42.2 Å². The van der Waals surface area contributed by atoms with Gasteiger partial charge in [-0.25, -0.2) is 14.2 Å². The maximum absolute atomic E-state index is 14.2. The van der Waals surface area contributed by atoms with Gasteiger partial charge in [0, 0.05) is 40.7 Å². The summed E-state index contributed by atoms with van der Waals surface area (Å²) in [6.07, 6.45) is 7.89. The standard InChI is InChI=1S/C23H29Br2FN6O/c1-32(2)21-16-5-3-4-6-19(16)29-22(31-21)27-14-7-9-15(10-8-14)28-23(33)30-20-17(25)11-13(24)12-18(20)26/h11-12,14-15H,3-10H2,1-2H3,(H,27,29,31)(H2,28,30,33). The van der Waals surface area contributed by atoms with Gasteiger partial charge in [-0.05, 0) is 79.4 Å². The first-order valence-electron chi connectivity index (χ1n) is 11.4. The van der Waals surface area contributed by atoms with Crippen molar-refractivity contribution in [3.05, 3.63) is 38.2 Å². The van der Waals surface area contributed by atoms with Crippen LogP contribution in [0.2, 0.25) is 0 Å². The fraction of sp³-hybridized carbons (Fsp3) is 0.522. The quantitative estimate of drug-likeness (QED) is 0.425. The van der Waals surface area contributed by atoms with Gasteiger partial charge in [-0.3, -0.25) is 0 Å². The Hall–Kier alpha value is -1.94. The maximum atomic E-state index is 14.2. The molecule has 1 saturated carbocycles. The van der Waals surface area contributed by atoms with Crippen molar-refractivity contribution in [1.82, 2.24) is 15.3 Å². The summed E-state index contributed by atoms with van der Waals surface area (Å²) < 4.78 is 15.3. The van der Waals surface area contributed by atoms with E-state index in [1.54, 1.807) is 6.07 Å². The maximum Gasteiger partial charge on any atom is 0.319 e. The lowest BCUT2D eigenvalue weighted by Gasteiger charge is -2.30. The Morgan fingerprint density at radius 2 is 1.76 bits per heavy atom. The van der Waals surface area contributed by atoms with Crippen LogP contribution < -0.4 is 20.9 Å². The van der Waals surface area contributed by atoms with Crippen molar-refractivity contribution in [2.45, 2.75) is 63.5 Å². The summed E-state index contributed by atoms with van der Waals surface area (Å²) in [5, 5.41) is 9.11. The van der Waals surface area contributed by atoms with Crippen LogP contribution in [0, 0.1) is 5.82 Å². The van der Waals surface area contributed by atoms with E-state index in [0.717, 1.165) is 44.3 Å². The molecule has 33 heavy (non-hydrogen) atoms. The molecule has 0 bridgehead atoms. The van der Waals surface area contributed by atoms with Gasteiger partial charge in [0.25, 0.3) is 0 Å². The third-order valence-corrected chi connectivity index (χ3v) is 7.31. The van der Waals surface area contributed by atoms with E-state index in [0.29, 0.717) is 14.9 Å². The lowest BCUT2D eigenvalue weighted by atomic mass is 9.91. The fourth-order valence-corrected chi connectivity index (χ4v) is 5.84. The number of fused-ring (bicyclic) bond motifs is 1. The van der Waals surface area contributed by atoms with Gasteiger partial charge < -0.3 is 20.9 Å². The van der Waals surface area contributed by atoms with E-state index >= 15 is 0 Å². The number of aromatic nitrogens is 2. The van der Waals surface area contributed by atoms with Gasteiger partial charge in [-0.15, -0.1) is 0 Å². The van der Waals surface area contributed by atoms with Crippen LogP contribution in [0.3, 0.4) is 0 Å². The summed E-state index contributed by atoms with van der Waals surface area (Å²) in [6, 6.07) is 2.92. The normalized spacial score (nSPS) is 20.0. The number of carbonyl (C=O) groups is 1. The molecule has 0 atom stereocenters. The van der Waals surface area contributed by atoms with Crippen LogP contribution in [0.4, 0.5) is 26.6 Å². The molecule has 2 aliphatic rings. The number of carbonyl (C=O) groups excluding carboxylic acids is 1. The van der Waals surface area contributed by atoms with Crippen molar-refractivity contribution >= 4 is 55.3 Å². The van der Waals surface area contributed by atoms with Crippen molar-refractivity contribution in [3.8, 4) is 0 Å². The zero-order chi connectivity index (χ0) is 23.5. The number of nitrogens with zero attached hydrogens (tertiary/aromatic N) is 3. The summed E-state index contributed by atoms with van der Waals surface area (Å²) in [5.74, 6) is 1.21. The number of nitrogens with one attached hydrogen (secondary N) is 3. The molecule has 1 heterocycles. The highest BCUT2D eigenvalue weighted by molar-refractivity contribution is 9.11. The van der Waals surface area contributed by atoms with Crippen molar-refractivity contribution in [3.63, 3.8) is 0 Å². The zero-order valence-corrected chi connectivity index (χ0v) is 22.0. The Morgan fingerprint density at radius 3 is 2.45 bits per heavy atom. The second-order valence-corrected chi connectivity index (χ2v) is 10.7. The number of benzene rings is 1. The molecule has 2 amide bonds. The Morgan fingerprint density at radius 1 is 1.06 bits per heavy atom. The molecule has 0 unspecified atom stereocenters. The van der Waals surface area contributed by atoms with Gasteiger partial charge in [0.15, 0.2) is 0 Å². The van der Waals surface area contributed by atoms with Gasteiger partial charge >= 0.3 is 6.03 Å². The van der Waals surface area contributed by atoms with Gasteiger partial charge in [0.05, 0.1) is 11.4 Å². The number of urea groups is 1. The molecule has 0 radical (unpaired) electrons. The van der Waals surface area contributed by atoms with E-state index < -0.39 is 11.8 Å². The van der Waals surface area contributed by atoms with E-state index in [2.05, 4.69) is 52.7 Å². The predicted molar refractivity (Wildman–Crippen MR) is 137 cm³/mol. The first kappa shape index (κ1) is 24.2. The SMILES string of the molecule is CN(C)c1nc(NC2CCC(NC(=O)Nc3c(F)cc(Br)cc3Br)CC2)nc2c1CCCC2. The Balaban J connectivity index is 1.31. The highest BCUT2D eigenvalue weighted by Crippen LogP contribution is 2.31. The highest BCUT2D eigenvalue weighted by Gasteiger charge is 2.25. The minimum atomic E-state index is -0.499. The van der Waals surface area contributed by atoms with E-state index in [-0.39, 0.29) is 17.8 Å². The molecule has 1 aromatic carbocycles. The number of anilines is 3. The minimum Gasteiger partial charge on any atom is -0.362 e. The zero-order valence-electron chi connectivity index (χ0n) is 18.9. The molecule has 2 aromatic rings. The summed E-state index contributed by atoms with van der Waals surface area (Å²) in [5.41, 5.74) is 2.58. The van der Waals surface area contributed by atoms with Gasteiger partial charge in [0.1, 0.15) is 11.6 Å². The van der Waals surface area contributed by atoms with Crippen LogP contribution >= 0.6 is 31.9 Å². The van der Waals surface area contributed by atoms with E-state index in [9.17, 15) is 9.18 Å². The molecule has 0 aliphatic heterocycles. The van der Waals surface area contributed by atoms with E-state index in [4.69, 9.17) is 9.97 Å². The van der Waals surface area contributed by atoms with E-state index in [1.165, 1.54) is 30.2 Å². The van der Waals surface area contributed by atoms with Gasteiger partial charge in [-0.1, -0.05) is 15.9 Å². The molecular weight excluding hydrogens is 555 g/mol. The molecule has 4 rings (SSSR count). The van der Waals surface area contributed by atoms with Crippen LogP contribution in [0.15, 0.2) is 21.1 Å². The summed E-state index contributed by atoms with van der Waals surface area (Å²) in [7, 11) is 4.06. The lowest BCUT2D eigenvalue weighted by Crippen LogP contribution is -2.42. The van der Waals surface area contributed by atoms with Crippen LogP contribution in [0.5, 0.6) is 0 Å². The van der Waals surface area contributed by atoms with Crippen molar-refractivity contribution in [2.24, 2.45) is 0 Å². The van der Waals surface area contributed by atoms with Crippen LogP contribution in [0.1, 0.15) is 49.8 Å². The highest BCUT2D eigenvalue weighted by atomic mass is 79.9. The molecule has 1 aromatic heterocycles. The summed E-state index contributed by atoms with van der Waals surface area (Å²) in [4.78, 5) is 24.1. The number of rotatable bonds is 5. The Labute approximate surface area is 210 Å². The Bertz CT molecular complexity index is 1000. The summed E-state index contributed by atoms with van der Waals surface area (Å²) >= 11 is 6.53. The first-order valence-corrected chi connectivity index (χ1v) is 12.9. The number of hydrogen-bond acceptors (Lipinski definition) is 5. The molecule has 2 aliphatic carbocycles. The fourth-order valence-electron chi connectivity index (χ4n) is 4.57. The third-order valence-electron chi connectivity index (χ3n) is 6.23. The smallest absolute Gasteiger partial charge is 0.319 e. The van der Waals surface area contributed by atoms with Gasteiger partial charge in [0.2, 0.25) is 5.95 Å². The molecular formula is C23H29Br2FN6O. The number of aryl methyl sites for hydroxylation is 1. The predicted octanol–water partition coefficient (Wildman–Crippen LogP) is 5.63.